The van der Waals surface area contributed by atoms with Gasteiger partial charge in [-0.2, -0.15) is 5.10 Å². The molecule has 16 heavy (non-hydrogen) atoms. The normalized spacial score (nSPS) is 10.7. The number of aryl methyl sites for hydroxylation is 3. The molecular formula is C12H16N4. The Balaban J connectivity index is 2.49. The SMILES string of the molecule is CCc1nc(-c2ccc(N)c(C)c2)n(C)n1. The molecule has 0 saturated heterocycles. The molecule has 84 valence electrons. The van der Waals surface area contributed by atoms with Crippen LogP contribution in [0.4, 0.5) is 5.69 Å². The van der Waals surface area contributed by atoms with Gasteiger partial charge in [-0.25, -0.2) is 9.67 Å². The summed E-state index contributed by atoms with van der Waals surface area (Å²) in [6, 6.07) is 5.93. The van der Waals surface area contributed by atoms with Crippen LogP contribution in [0.15, 0.2) is 18.2 Å². The molecule has 0 radical (unpaired) electrons. The van der Waals surface area contributed by atoms with Crippen molar-refractivity contribution in [1.29, 1.82) is 0 Å². The largest absolute Gasteiger partial charge is 0.399 e. The third-order valence-electron chi connectivity index (χ3n) is 2.65. The fourth-order valence-electron chi connectivity index (χ4n) is 1.65. The van der Waals surface area contributed by atoms with E-state index < -0.39 is 0 Å². The predicted molar refractivity (Wildman–Crippen MR) is 65.0 cm³/mol. The molecule has 0 unspecified atom stereocenters. The van der Waals surface area contributed by atoms with E-state index in [1.807, 2.05) is 43.8 Å². The molecule has 0 aliphatic rings. The van der Waals surface area contributed by atoms with Gasteiger partial charge in [0.05, 0.1) is 0 Å². The minimum absolute atomic E-state index is 0.807. The third kappa shape index (κ3) is 1.78. The first-order valence-electron chi connectivity index (χ1n) is 5.38. The second-order valence-corrected chi connectivity index (χ2v) is 3.90. The van der Waals surface area contributed by atoms with Gasteiger partial charge in [0.25, 0.3) is 0 Å². The molecule has 0 bridgehead atoms. The van der Waals surface area contributed by atoms with Crippen LogP contribution in [0.2, 0.25) is 0 Å². The smallest absolute Gasteiger partial charge is 0.158 e. The van der Waals surface area contributed by atoms with Crippen LogP contribution in [0.3, 0.4) is 0 Å². The number of nitrogens with two attached hydrogens (primary N) is 1. The van der Waals surface area contributed by atoms with Crippen molar-refractivity contribution in [2.45, 2.75) is 20.3 Å². The number of anilines is 1. The molecule has 4 nitrogen and oxygen atoms in total. The minimum atomic E-state index is 0.807. The summed E-state index contributed by atoms with van der Waals surface area (Å²) in [5.74, 6) is 1.76. The van der Waals surface area contributed by atoms with Crippen molar-refractivity contribution < 1.29 is 0 Å². The summed E-state index contributed by atoms with van der Waals surface area (Å²) in [6.45, 7) is 4.04. The Hall–Kier alpha value is -1.84. The number of rotatable bonds is 2. The minimum Gasteiger partial charge on any atom is -0.399 e. The second kappa shape index (κ2) is 3.96. The molecule has 0 atom stereocenters. The highest BCUT2D eigenvalue weighted by molar-refractivity contribution is 5.62. The van der Waals surface area contributed by atoms with Gasteiger partial charge in [-0.3, -0.25) is 0 Å². The zero-order valence-corrected chi connectivity index (χ0v) is 9.86. The molecule has 2 aromatic rings. The fourth-order valence-corrected chi connectivity index (χ4v) is 1.65. The molecule has 2 rings (SSSR count). The highest BCUT2D eigenvalue weighted by atomic mass is 15.3. The van der Waals surface area contributed by atoms with Gasteiger partial charge in [-0.05, 0) is 30.7 Å². The first-order chi connectivity index (χ1) is 7.61. The van der Waals surface area contributed by atoms with Crippen molar-refractivity contribution in [2.24, 2.45) is 7.05 Å². The van der Waals surface area contributed by atoms with Crippen molar-refractivity contribution in [3.63, 3.8) is 0 Å². The summed E-state index contributed by atoms with van der Waals surface area (Å²) in [5, 5.41) is 4.33. The Morgan fingerprint density at radius 3 is 2.69 bits per heavy atom. The summed E-state index contributed by atoms with van der Waals surface area (Å²) >= 11 is 0. The van der Waals surface area contributed by atoms with Crippen molar-refractivity contribution in [1.82, 2.24) is 14.8 Å². The number of aromatic nitrogens is 3. The van der Waals surface area contributed by atoms with Crippen LogP contribution in [0.1, 0.15) is 18.3 Å². The zero-order valence-electron chi connectivity index (χ0n) is 9.86. The lowest BCUT2D eigenvalue weighted by atomic mass is 10.1. The van der Waals surface area contributed by atoms with Crippen LogP contribution in [0.5, 0.6) is 0 Å². The number of benzene rings is 1. The van der Waals surface area contributed by atoms with E-state index in [0.29, 0.717) is 0 Å². The lowest BCUT2D eigenvalue weighted by Crippen LogP contribution is -1.96. The van der Waals surface area contributed by atoms with E-state index in [2.05, 4.69) is 10.1 Å². The van der Waals surface area contributed by atoms with Crippen LogP contribution in [0, 0.1) is 6.92 Å². The molecule has 2 N–H and O–H groups in total. The van der Waals surface area contributed by atoms with Crippen LogP contribution in [-0.2, 0) is 13.5 Å². The molecule has 4 heteroatoms. The molecule has 1 heterocycles. The molecule has 0 aliphatic heterocycles. The molecule has 0 aliphatic carbocycles. The predicted octanol–water partition coefficient (Wildman–Crippen LogP) is 1.94. The van der Waals surface area contributed by atoms with Gasteiger partial charge in [0.15, 0.2) is 11.6 Å². The average molecular weight is 216 g/mol. The maximum absolute atomic E-state index is 5.79. The van der Waals surface area contributed by atoms with Gasteiger partial charge in [0.1, 0.15) is 0 Å². The number of hydrogen-bond acceptors (Lipinski definition) is 3. The molecule has 0 saturated carbocycles. The van der Waals surface area contributed by atoms with E-state index in [1.54, 1.807) is 0 Å². The Labute approximate surface area is 95.1 Å². The molecule has 1 aromatic carbocycles. The van der Waals surface area contributed by atoms with Gasteiger partial charge in [-0.1, -0.05) is 6.92 Å². The molecule has 0 amide bonds. The Morgan fingerprint density at radius 2 is 2.12 bits per heavy atom. The lowest BCUT2D eigenvalue weighted by Gasteiger charge is -2.03. The monoisotopic (exact) mass is 216 g/mol. The highest BCUT2D eigenvalue weighted by Crippen LogP contribution is 2.21. The van der Waals surface area contributed by atoms with Gasteiger partial charge in [0, 0.05) is 24.7 Å². The van der Waals surface area contributed by atoms with Crippen molar-refractivity contribution in [3.8, 4) is 11.4 Å². The summed E-state index contributed by atoms with van der Waals surface area (Å²) in [4.78, 5) is 4.48. The summed E-state index contributed by atoms with van der Waals surface area (Å²) in [5.41, 5.74) is 8.73. The first-order valence-corrected chi connectivity index (χ1v) is 5.38. The molecule has 0 spiro atoms. The Kier molecular flexibility index (Phi) is 2.64. The summed E-state index contributed by atoms with van der Waals surface area (Å²) in [6.07, 6.45) is 0.849. The van der Waals surface area contributed by atoms with Crippen LogP contribution in [-0.4, -0.2) is 14.8 Å². The van der Waals surface area contributed by atoms with Gasteiger partial charge in [-0.15, -0.1) is 0 Å². The van der Waals surface area contributed by atoms with Crippen molar-refractivity contribution in [2.75, 3.05) is 5.73 Å². The summed E-state index contributed by atoms with van der Waals surface area (Å²) < 4.78 is 1.81. The van der Waals surface area contributed by atoms with Gasteiger partial charge >= 0.3 is 0 Å². The average Bonchev–Trinajstić information content (AvgIpc) is 2.64. The Morgan fingerprint density at radius 1 is 1.38 bits per heavy atom. The van der Waals surface area contributed by atoms with Crippen LogP contribution in [0.25, 0.3) is 11.4 Å². The van der Waals surface area contributed by atoms with Gasteiger partial charge < -0.3 is 5.73 Å². The third-order valence-corrected chi connectivity index (χ3v) is 2.65. The van der Waals surface area contributed by atoms with E-state index in [4.69, 9.17) is 5.73 Å². The fraction of sp³-hybridized carbons (Fsp3) is 0.333. The van der Waals surface area contributed by atoms with Crippen LogP contribution >= 0.6 is 0 Å². The van der Waals surface area contributed by atoms with E-state index in [9.17, 15) is 0 Å². The Bertz CT molecular complexity index is 514. The molecule has 1 aromatic heterocycles. The summed E-state index contributed by atoms with van der Waals surface area (Å²) in [7, 11) is 1.91. The van der Waals surface area contributed by atoms with E-state index in [0.717, 1.165) is 34.9 Å². The van der Waals surface area contributed by atoms with Crippen LogP contribution < -0.4 is 5.73 Å². The highest BCUT2D eigenvalue weighted by Gasteiger charge is 2.08. The maximum atomic E-state index is 5.79. The standard InChI is InChI=1S/C12H16N4/c1-4-11-14-12(16(3)15-11)9-5-6-10(13)8(2)7-9/h5-7H,4,13H2,1-3H3. The van der Waals surface area contributed by atoms with E-state index in [-0.39, 0.29) is 0 Å². The number of hydrogen-bond donors (Lipinski definition) is 1. The molecule has 0 fully saturated rings. The molecular weight excluding hydrogens is 200 g/mol. The maximum Gasteiger partial charge on any atom is 0.158 e. The van der Waals surface area contributed by atoms with E-state index >= 15 is 0 Å². The lowest BCUT2D eigenvalue weighted by molar-refractivity contribution is 0.752. The quantitative estimate of drug-likeness (QED) is 0.780. The van der Waals surface area contributed by atoms with Crippen molar-refractivity contribution >= 4 is 5.69 Å². The van der Waals surface area contributed by atoms with Gasteiger partial charge in [0.2, 0.25) is 0 Å². The number of nitrogens with zero attached hydrogens (tertiary/aromatic N) is 3. The zero-order chi connectivity index (χ0) is 11.7. The van der Waals surface area contributed by atoms with Crippen molar-refractivity contribution in [3.05, 3.63) is 29.6 Å². The first kappa shape index (κ1) is 10.7. The van der Waals surface area contributed by atoms with E-state index in [1.165, 1.54) is 0 Å². The number of nitrogen functional groups attached to an aromatic ring is 1. The second-order valence-electron chi connectivity index (χ2n) is 3.90. The topological polar surface area (TPSA) is 56.7 Å².